The third-order valence-corrected chi connectivity index (χ3v) is 2.23. The van der Waals surface area contributed by atoms with Crippen LogP contribution < -0.4 is 0 Å². The molecule has 0 aliphatic carbocycles. The maximum atomic E-state index is 11.9. The molecule has 1 heterocycles. The van der Waals surface area contributed by atoms with Crippen LogP contribution >= 0.6 is 0 Å². The van der Waals surface area contributed by atoms with Crippen LogP contribution in [0.25, 0.3) is 0 Å². The molecule has 1 aromatic heterocycles. The average molecular weight is 211 g/mol. The van der Waals surface area contributed by atoms with Crippen LogP contribution in [0.1, 0.15) is 0 Å². The molecule has 0 radical (unpaired) electrons. The Morgan fingerprint density at radius 1 is 1.62 bits per heavy atom. The number of hydrogen-bond acceptors (Lipinski definition) is 4. The number of rotatable bonds is 3. The molecule has 1 rings (SSSR count). The van der Waals surface area contributed by atoms with Gasteiger partial charge in [0, 0.05) is 6.26 Å². The van der Waals surface area contributed by atoms with Crippen LogP contribution in [0.5, 0.6) is 0 Å². The zero-order valence-electron chi connectivity index (χ0n) is 6.68. The van der Waals surface area contributed by atoms with Crippen molar-refractivity contribution in [2.24, 2.45) is 0 Å². The highest BCUT2D eigenvalue weighted by molar-refractivity contribution is 7.90. The first-order chi connectivity index (χ1) is 5.91. The Balaban J connectivity index is 3.04. The lowest BCUT2D eigenvalue weighted by molar-refractivity contribution is 0.123. The standard InChI is InChI=1S/C5H7F2N3O2S/c1-13(11,12)5-9-8-3-10(5)2-4(6)7/h3-4H,2H2,1H3. The van der Waals surface area contributed by atoms with Gasteiger partial charge in [0.15, 0.2) is 0 Å². The van der Waals surface area contributed by atoms with Gasteiger partial charge < -0.3 is 0 Å². The molecule has 0 spiro atoms. The highest BCUT2D eigenvalue weighted by atomic mass is 32.2. The Labute approximate surface area is 73.3 Å². The van der Waals surface area contributed by atoms with E-state index in [-0.39, 0.29) is 0 Å². The Morgan fingerprint density at radius 2 is 2.23 bits per heavy atom. The molecular formula is C5H7F2N3O2S. The van der Waals surface area contributed by atoms with Gasteiger partial charge in [0.25, 0.3) is 6.43 Å². The summed E-state index contributed by atoms with van der Waals surface area (Å²) in [4.78, 5) is 0. The van der Waals surface area contributed by atoms with Crippen molar-refractivity contribution in [3.63, 3.8) is 0 Å². The van der Waals surface area contributed by atoms with Crippen molar-refractivity contribution in [1.29, 1.82) is 0 Å². The van der Waals surface area contributed by atoms with Gasteiger partial charge in [-0.05, 0) is 0 Å². The lowest BCUT2D eigenvalue weighted by Gasteiger charge is -2.02. The van der Waals surface area contributed by atoms with Crippen LogP contribution in [0, 0.1) is 0 Å². The van der Waals surface area contributed by atoms with Crippen LogP contribution in [-0.4, -0.2) is 35.9 Å². The number of sulfone groups is 1. The summed E-state index contributed by atoms with van der Waals surface area (Å²) in [5.74, 6) is 0. The molecule has 0 bridgehead atoms. The Hall–Kier alpha value is -1.05. The first-order valence-corrected chi connectivity index (χ1v) is 5.16. The predicted octanol–water partition coefficient (Wildman–Crippen LogP) is -0.0533. The van der Waals surface area contributed by atoms with E-state index in [0.29, 0.717) is 0 Å². The molecular weight excluding hydrogens is 204 g/mol. The average Bonchev–Trinajstić information content (AvgIpc) is 2.31. The van der Waals surface area contributed by atoms with Crippen LogP contribution in [0.3, 0.4) is 0 Å². The summed E-state index contributed by atoms with van der Waals surface area (Å²) in [7, 11) is -3.58. The minimum absolute atomic E-state index is 0.437. The van der Waals surface area contributed by atoms with Crippen molar-refractivity contribution in [2.75, 3.05) is 6.26 Å². The van der Waals surface area contributed by atoms with Gasteiger partial charge in [0.2, 0.25) is 15.0 Å². The van der Waals surface area contributed by atoms with Crippen molar-refractivity contribution in [3.8, 4) is 0 Å². The predicted molar refractivity (Wildman–Crippen MR) is 39.1 cm³/mol. The normalized spacial score (nSPS) is 12.3. The summed E-state index contributed by atoms with van der Waals surface area (Å²) in [6, 6.07) is 0. The fourth-order valence-electron chi connectivity index (χ4n) is 0.805. The van der Waals surface area contributed by atoms with E-state index in [9.17, 15) is 17.2 Å². The summed E-state index contributed by atoms with van der Waals surface area (Å²) in [5, 5.41) is 6.04. The molecule has 8 heteroatoms. The highest BCUT2D eigenvalue weighted by Crippen LogP contribution is 2.06. The van der Waals surface area contributed by atoms with E-state index in [0.717, 1.165) is 17.2 Å². The summed E-state index contributed by atoms with van der Waals surface area (Å²) >= 11 is 0. The van der Waals surface area contributed by atoms with Crippen molar-refractivity contribution in [3.05, 3.63) is 6.33 Å². The van der Waals surface area contributed by atoms with Gasteiger partial charge in [-0.15, -0.1) is 10.2 Å². The molecule has 1 aromatic rings. The number of aromatic nitrogens is 3. The van der Waals surface area contributed by atoms with Gasteiger partial charge in [-0.1, -0.05) is 0 Å². The Kier molecular flexibility index (Phi) is 2.60. The van der Waals surface area contributed by atoms with Gasteiger partial charge in [0.05, 0.1) is 6.54 Å². The van der Waals surface area contributed by atoms with Crippen LogP contribution in [-0.2, 0) is 16.4 Å². The second-order valence-electron chi connectivity index (χ2n) is 2.43. The van der Waals surface area contributed by atoms with Crippen molar-refractivity contribution in [1.82, 2.24) is 14.8 Å². The fraction of sp³-hybridized carbons (Fsp3) is 0.600. The first-order valence-electron chi connectivity index (χ1n) is 3.27. The lowest BCUT2D eigenvalue weighted by Crippen LogP contribution is -2.13. The summed E-state index contributed by atoms with van der Waals surface area (Å²) in [6.45, 7) is -0.713. The second kappa shape index (κ2) is 3.36. The molecule has 5 nitrogen and oxygen atoms in total. The summed E-state index contributed by atoms with van der Waals surface area (Å²) < 4.78 is 46.5. The quantitative estimate of drug-likeness (QED) is 0.703. The molecule has 0 aromatic carbocycles. The fourth-order valence-corrected chi connectivity index (χ4v) is 1.55. The molecule has 0 amide bonds. The maximum Gasteiger partial charge on any atom is 0.256 e. The van der Waals surface area contributed by atoms with Gasteiger partial charge in [-0.25, -0.2) is 17.2 Å². The van der Waals surface area contributed by atoms with Gasteiger partial charge in [0.1, 0.15) is 6.33 Å². The monoisotopic (exact) mass is 211 g/mol. The molecule has 74 valence electrons. The zero-order valence-corrected chi connectivity index (χ0v) is 7.50. The summed E-state index contributed by atoms with van der Waals surface area (Å²) in [6.07, 6.45) is -0.780. The molecule has 0 saturated carbocycles. The zero-order chi connectivity index (χ0) is 10.1. The Morgan fingerprint density at radius 3 is 2.69 bits per heavy atom. The number of halogens is 2. The molecule has 13 heavy (non-hydrogen) atoms. The van der Waals surface area contributed by atoms with E-state index in [4.69, 9.17) is 0 Å². The molecule has 0 unspecified atom stereocenters. The van der Waals surface area contributed by atoms with E-state index in [1.54, 1.807) is 0 Å². The molecule has 0 saturated heterocycles. The summed E-state index contributed by atoms with van der Waals surface area (Å²) in [5.41, 5.74) is 0. The smallest absolute Gasteiger partial charge is 0.256 e. The SMILES string of the molecule is CS(=O)(=O)c1nncn1CC(F)F. The minimum Gasteiger partial charge on any atom is -0.299 e. The van der Waals surface area contributed by atoms with Crippen molar-refractivity contribution in [2.45, 2.75) is 18.1 Å². The van der Waals surface area contributed by atoms with Crippen LogP contribution in [0.4, 0.5) is 8.78 Å². The van der Waals surface area contributed by atoms with Crippen LogP contribution in [0.2, 0.25) is 0 Å². The van der Waals surface area contributed by atoms with Gasteiger partial charge >= 0.3 is 0 Å². The van der Waals surface area contributed by atoms with E-state index < -0.39 is 28.0 Å². The maximum absolute atomic E-state index is 11.9. The number of nitrogens with zero attached hydrogens (tertiary/aromatic N) is 3. The number of hydrogen-bond donors (Lipinski definition) is 0. The van der Waals surface area contributed by atoms with E-state index in [1.165, 1.54) is 0 Å². The Bertz CT molecular complexity index is 386. The van der Waals surface area contributed by atoms with Gasteiger partial charge in [-0.2, -0.15) is 0 Å². The molecule has 0 aliphatic heterocycles. The van der Waals surface area contributed by atoms with E-state index in [1.807, 2.05) is 0 Å². The molecule has 0 fully saturated rings. The van der Waals surface area contributed by atoms with Gasteiger partial charge in [-0.3, -0.25) is 4.57 Å². The topological polar surface area (TPSA) is 64.8 Å². The van der Waals surface area contributed by atoms with Crippen LogP contribution in [0.15, 0.2) is 11.5 Å². The first kappa shape index (κ1) is 10.0. The van der Waals surface area contributed by atoms with Crippen molar-refractivity contribution < 1.29 is 17.2 Å². The molecule has 0 N–H and O–H groups in total. The minimum atomic E-state index is -3.58. The van der Waals surface area contributed by atoms with E-state index in [2.05, 4.69) is 10.2 Å². The largest absolute Gasteiger partial charge is 0.299 e. The third-order valence-electron chi connectivity index (χ3n) is 1.25. The highest BCUT2D eigenvalue weighted by Gasteiger charge is 2.17. The van der Waals surface area contributed by atoms with Crippen molar-refractivity contribution >= 4 is 9.84 Å². The lowest BCUT2D eigenvalue weighted by atomic mass is 10.7. The molecule has 0 aliphatic rings. The second-order valence-corrected chi connectivity index (χ2v) is 4.34. The van der Waals surface area contributed by atoms with E-state index >= 15 is 0 Å². The number of alkyl halides is 2. The third kappa shape index (κ3) is 2.44. The molecule has 0 atom stereocenters.